The van der Waals surface area contributed by atoms with Crippen LogP contribution in [0.3, 0.4) is 0 Å². The van der Waals surface area contributed by atoms with Crippen LogP contribution in [-0.2, 0) is 0 Å². The van der Waals surface area contributed by atoms with E-state index in [0.29, 0.717) is 5.16 Å². The maximum Gasteiger partial charge on any atom is 0.344 e. The van der Waals surface area contributed by atoms with Crippen LogP contribution in [0.1, 0.15) is 29.2 Å². The second-order valence-electron chi connectivity index (χ2n) is 4.83. The number of nitrogens with one attached hydrogen (secondary N) is 1. The Morgan fingerprint density at radius 3 is 2.86 bits per heavy atom. The number of thioether (sulfide) groups is 1. The molecule has 0 amide bonds. The fraction of sp³-hybridized carbons (Fsp3) is 0.308. The van der Waals surface area contributed by atoms with Gasteiger partial charge in [0, 0.05) is 12.1 Å². The molecule has 21 heavy (non-hydrogen) atoms. The second kappa shape index (κ2) is 5.28. The van der Waals surface area contributed by atoms with Crippen LogP contribution < -0.4 is 5.69 Å². The third-order valence-electron chi connectivity index (χ3n) is 3.20. The number of phenols is 2. The molecule has 1 saturated carbocycles. The highest BCUT2D eigenvalue weighted by Crippen LogP contribution is 2.36. The lowest BCUT2D eigenvalue weighted by Gasteiger charge is -2.05. The topological polar surface area (TPSA) is 108 Å². The number of nitrogens with zero attached hydrogens (tertiary/aromatic N) is 2. The fourth-order valence-corrected chi connectivity index (χ4v) is 2.91. The minimum absolute atomic E-state index is 0.0509. The van der Waals surface area contributed by atoms with Crippen LogP contribution in [0.2, 0.25) is 0 Å². The van der Waals surface area contributed by atoms with Crippen molar-refractivity contribution in [2.24, 2.45) is 0 Å². The molecule has 0 saturated heterocycles. The minimum Gasteiger partial charge on any atom is -0.508 e. The number of hydrogen-bond donors (Lipinski definition) is 3. The van der Waals surface area contributed by atoms with Crippen molar-refractivity contribution in [3.63, 3.8) is 0 Å². The van der Waals surface area contributed by atoms with E-state index in [4.69, 9.17) is 0 Å². The van der Waals surface area contributed by atoms with Gasteiger partial charge in [0.05, 0.1) is 11.3 Å². The summed E-state index contributed by atoms with van der Waals surface area (Å²) in [4.78, 5) is 23.7. The van der Waals surface area contributed by atoms with Crippen LogP contribution in [0.25, 0.3) is 0 Å². The number of carbonyl (C=O) groups is 1. The van der Waals surface area contributed by atoms with Gasteiger partial charge >= 0.3 is 5.69 Å². The van der Waals surface area contributed by atoms with Gasteiger partial charge in [-0.3, -0.25) is 9.36 Å². The van der Waals surface area contributed by atoms with Gasteiger partial charge in [0.2, 0.25) is 0 Å². The number of phenolic OH excluding ortho intramolecular Hbond substituents is 2. The first-order valence-corrected chi connectivity index (χ1v) is 7.39. The Labute approximate surface area is 123 Å². The van der Waals surface area contributed by atoms with Gasteiger partial charge in [0.25, 0.3) is 0 Å². The van der Waals surface area contributed by atoms with E-state index >= 15 is 0 Å². The van der Waals surface area contributed by atoms with Crippen molar-refractivity contribution in [1.29, 1.82) is 0 Å². The van der Waals surface area contributed by atoms with Crippen LogP contribution in [0, 0.1) is 0 Å². The average molecular weight is 307 g/mol. The van der Waals surface area contributed by atoms with Gasteiger partial charge in [-0.1, -0.05) is 11.8 Å². The molecule has 1 aromatic carbocycles. The highest BCUT2D eigenvalue weighted by atomic mass is 32.2. The number of aromatic hydroxyl groups is 2. The van der Waals surface area contributed by atoms with Crippen LogP contribution in [0.15, 0.2) is 28.2 Å². The first-order valence-electron chi connectivity index (χ1n) is 6.41. The molecular formula is C13H13N3O4S. The van der Waals surface area contributed by atoms with Gasteiger partial charge in [0.1, 0.15) is 11.5 Å². The number of carbonyl (C=O) groups excluding carboxylic acids is 1. The molecule has 110 valence electrons. The molecule has 8 heteroatoms. The molecule has 1 heterocycles. The van der Waals surface area contributed by atoms with Crippen molar-refractivity contribution in [2.75, 3.05) is 5.75 Å². The zero-order valence-corrected chi connectivity index (χ0v) is 11.8. The molecule has 0 atom stereocenters. The highest BCUT2D eigenvalue weighted by molar-refractivity contribution is 7.99. The standard InChI is InChI=1S/C13H13N3O4S/c17-8-3-4-9(10(18)5-8)11(19)6-21-13-15-14-12(20)16(13)7-1-2-7/h3-5,7,17-18H,1-2,6H2,(H,14,20). The maximum atomic E-state index is 12.1. The molecule has 7 nitrogen and oxygen atoms in total. The number of H-pyrrole nitrogens is 1. The largest absolute Gasteiger partial charge is 0.508 e. The predicted octanol–water partition coefficient (Wildman–Crippen LogP) is 1.29. The van der Waals surface area contributed by atoms with Crippen molar-refractivity contribution in [3.05, 3.63) is 34.2 Å². The first-order chi connectivity index (χ1) is 10.1. The van der Waals surface area contributed by atoms with Crippen molar-refractivity contribution in [1.82, 2.24) is 14.8 Å². The van der Waals surface area contributed by atoms with Crippen LogP contribution >= 0.6 is 11.8 Å². The van der Waals surface area contributed by atoms with E-state index in [2.05, 4.69) is 10.2 Å². The second-order valence-corrected chi connectivity index (χ2v) is 5.77. The lowest BCUT2D eigenvalue weighted by molar-refractivity contribution is 0.102. The fourth-order valence-electron chi connectivity index (χ4n) is 2.01. The summed E-state index contributed by atoms with van der Waals surface area (Å²) in [6.45, 7) is 0. The molecule has 1 fully saturated rings. The molecular weight excluding hydrogens is 294 g/mol. The number of rotatable bonds is 5. The number of aromatic nitrogens is 3. The van der Waals surface area contributed by atoms with Gasteiger partial charge in [-0.15, -0.1) is 5.10 Å². The zero-order chi connectivity index (χ0) is 15.0. The summed E-state index contributed by atoms with van der Waals surface area (Å²) in [6.07, 6.45) is 1.89. The smallest absolute Gasteiger partial charge is 0.344 e. The molecule has 1 aliphatic rings. The molecule has 1 aliphatic carbocycles. The van der Waals surface area contributed by atoms with Gasteiger partial charge in [-0.2, -0.15) is 0 Å². The molecule has 3 N–H and O–H groups in total. The van der Waals surface area contributed by atoms with Crippen LogP contribution in [0.5, 0.6) is 11.5 Å². The van der Waals surface area contributed by atoms with E-state index in [-0.39, 0.29) is 40.3 Å². The summed E-state index contributed by atoms with van der Waals surface area (Å²) in [5, 5.41) is 25.6. The van der Waals surface area contributed by atoms with Crippen molar-refractivity contribution < 1.29 is 15.0 Å². The quantitative estimate of drug-likeness (QED) is 0.567. The first kappa shape index (κ1) is 13.7. The molecule has 0 unspecified atom stereocenters. The Bertz CT molecular complexity index is 748. The highest BCUT2D eigenvalue weighted by Gasteiger charge is 2.28. The van der Waals surface area contributed by atoms with Crippen LogP contribution in [-0.4, -0.2) is 36.5 Å². The van der Waals surface area contributed by atoms with E-state index < -0.39 is 0 Å². The Kier molecular flexibility index (Phi) is 3.46. The van der Waals surface area contributed by atoms with Crippen molar-refractivity contribution >= 4 is 17.5 Å². The van der Waals surface area contributed by atoms with E-state index in [9.17, 15) is 19.8 Å². The van der Waals surface area contributed by atoms with Gasteiger partial charge in [-0.05, 0) is 25.0 Å². The van der Waals surface area contributed by atoms with Crippen molar-refractivity contribution in [2.45, 2.75) is 24.0 Å². The average Bonchev–Trinajstić information content (AvgIpc) is 3.20. The Balaban J connectivity index is 1.73. The van der Waals surface area contributed by atoms with E-state index in [1.165, 1.54) is 12.1 Å². The summed E-state index contributed by atoms with van der Waals surface area (Å²) >= 11 is 1.15. The lowest BCUT2D eigenvalue weighted by atomic mass is 10.1. The predicted molar refractivity (Wildman–Crippen MR) is 75.9 cm³/mol. The number of Topliss-reactive ketones (excluding diaryl/α,β-unsaturated/α-hetero) is 1. The number of benzene rings is 1. The summed E-state index contributed by atoms with van der Waals surface area (Å²) in [7, 11) is 0. The molecule has 1 aromatic heterocycles. The maximum absolute atomic E-state index is 12.1. The molecule has 3 rings (SSSR count). The number of aromatic amines is 1. The number of ketones is 1. The molecule has 0 spiro atoms. The van der Waals surface area contributed by atoms with Crippen LogP contribution in [0.4, 0.5) is 0 Å². The monoisotopic (exact) mass is 307 g/mol. The number of hydrogen-bond acceptors (Lipinski definition) is 6. The third kappa shape index (κ3) is 2.80. The van der Waals surface area contributed by atoms with E-state index in [0.717, 1.165) is 30.7 Å². The van der Waals surface area contributed by atoms with Gasteiger partial charge in [-0.25, -0.2) is 9.89 Å². The van der Waals surface area contributed by atoms with Gasteiger partial charge < -0.3 is 10.2 Å². The SMILES string of the molecule is O=C(CSc1n[nH]c(=O)n1C1CC1)c1ccc(O)cc1O. The normalized spacial score (nSPS) is 14.3. The summed E-state index contributed by atoms with van der Waals surface area (Å²) in [5.74, 6) is -0.612. The van der Waals surface area contributed by atoms with Gasteiger partial charge in [0.15, 0.2) is 10.9 Å². The minimum atomic E-state index is -0.296. The molecule has 0 bridgehead atoms. The summed E-state index contributed by atoms with van der Waals surface area (Å²) < 4.78 is 1.56. The molecule has 2 aromatic rings. The zero-order valence-electron chi connectivity index (χ0n) is 10.9. The van der Waals surface area contributed by atoms with E-state index in [1.807, 2.05) is 0 Å². The third-order valence-corrected chi connectivity index (χ3v) is 4.15. The lowest BCUT2D eigenvalue weighted by Crippen LogP contribution is -2.16. The van der Waals surface area contributed by atoms with Crippen molar-refractivity contribution in [3.8, 4) is 11.5 Å². The Morgan fingerprint density at radius 2 is 2.19 bits per heavy atom. The summed E-state index contributed by atoms with van der Waals surface area (Å²) in [5.41, 5.74) is -0.129. The Morgan fingerprint density at radius 1 is 1.43 bits per heavy atom. The molecule has 0 radical (unpaired) electrons. The van der Waals surface area contributed by atoms with E-state index in [1.54, 1.807) is 4.57 Å². The molecule has 0 aliphatic heterocycles. The Hall–Kier alpha value is -2.22. The summed E-state index contributed by atoms with van der Waals surface area (Å²) in [6, 6.07) is 4.00.